The van der Waals surface area contributed by atoms with Crippen LogP contribution in [0.5, 0.6) is 0 Å². The van der Waals surface area contributed by atoms with Crippen molar-refractivity contribution in [1.82, 2.24) is 4.90 Å². The SMILES string of the molecule is CC1(C(C)(CN)N2CCCOCC2)CC1. The Morgan fingerprint density at radius 2 is 2.07 bits per heavy atom. The molecule has 1 aliphatic heterocycles. The van der Waals surface area contributed by atoms with Gasteiger partial charge < -0.3 is 10.5 Å². The summed E-state index contributed by atoms with van der Waals surface area (Å²) in [6.45, 7) is 9.45. The first-order valence-corrected chi connectivity index (χ1v) is 6.15. The van der Waals surface area contributed by atoms with E-state index in [2.05, 4.69) is 18.7 Å². The van der Waals surface area contributed by atoms with Crippen LogP contribution in [0.25, 0.3) is 0 Å². The van der Waals surface area contributed by atoms with Crippen molar-refractivity contribution in [3.05, 3.63) is 0 Å². The van der Waals surface area contributed by atoms with Gasteiger partial charge in [0.25, 0.3) is 0 Å². The minimum absolute atomic E-state index is 0.181. The fourth-order valence-corrected chi connectivity index (χ4v) is 2.72. The standard InChI is InChI=1S/C12H24N2O/c1-11(4-5-11)12(2,10-13)14-6-3-8-15-9-7-14/h3-10,13H2,1-2H3. The molecule has 2 aliphatic rings. The smallest absolute Gasteiger partial charge is 0.0593 e. The van der Waals surface area contributed by atoms with E-state index in [0.29, 0.717) is 5.41 Å². The molecule has 2 fully saturated rings. The molecule has 15 heavy (non-hydrogen) atoms. The maximum Gasteiger partial charge on any atom is 0.0593 e. The molecule has 0 bridgehead atoms. The summed E-state index contributed by atoms with van der Waals surface area (Å²) in [6, 6.07) is 0. The summed E-state index contributed by atoms with van der Waals surface area (Å²) in [6.07, 6.45) is 3.81. The summed E-state index contributed by atoms with van der Waals surface area (Å²) in [5, 5.41) is 0. The highest BCUT2D eigenvalue weighted by molar-refractivity contribution is 5.09. The third kappa shape index (κ3) is 1.93. The highest BCUT2D eigenvalue weighted by Crippen LogP contribution is 2.55. The van der Waals surface area contributed by atoms with E-state index in [1.54, 1.807) is 0 Å². The zero-order valence-electron chi connectivity index (χ0n) is 10.1. The van der Waals surface area contributed by atoms with Crippen LogP contribution in [-0.4, -0.2) is 43.3 Å². The van der Waals surface area contributed by atoms with Crippen molar-refractivity contribution in [2.45, 2.75) is 38.6 Å². The van der Waals surface area contributed by atoms with Crippen molar-refractivity contribution in [1.29, 1.82) is 0 Å². The number of nitrogens with zero attached hydrogens (tertiary/aromatic N) is 1. The number of ether oxygens (including phenoxy) is 1. The first kappa shape index (κ1) is 11.4. The topological polar surface area (TPSA) is 38.5 Å². The summed E-state index contributed by atoms with van der Waals surface area (Å²) in [7, 11) is 0. The van der Waals surface area contributed by atoms with Crippen LogP contribution in [0.1, 0.15) is 33.1 Å². The monoisotopic (exact) mass is 212 g/mol. The van der Waals surface area contributed by atoms with Gasteiger partial charge in [-0.25, -0.2) is 0 Å². The lowest BCUT2D eigenvalue weighted by molar-refractivity contribution is 0.0433. The van der Waals surface area contributed by atoms with Crippen LogP contribution in [0.15, 0.2) is 0 Å². The van der Waals surface area contributed by atoms with E-state index in [4.69, 9.17) is 10.5 Å². The second-order valence-corrected chi connectivity index (χ2v) is 5.49. The van der Waals surface area contributed by atoms with Crippen molar-refractivity contribution in [3.63, 3.8) is 0 Å². The maximum atomic E-state index is 6.03. The van der Waals surface area contributed by atoms with Gasteiger partial charge >= 0.3 is 0 Å². The second kappa shape index (κ2) is 4.04. The molecular formula is C12H24N2O. The third-order valence-electron chi connectivity index (χ3n) is 4.62. The van der Waals surface area contributed by atoms with Crippen LogP contribution in [-0.2, 0) is 4.74 Å². The van der Waals surface area contributed by atoms with Crippen LogP contribution in [0.2, 0.25) is 0 Å². The van der Waals surface area contributed by atoms with Gasteiger partial charge in [0.05, 0.1) is 6.61 Å². The van der Waals surface area contributed by atoms with Crippen molar-refractivity contribution < 1.29 is 4.74 Å². The Hall–Kier alpha value is -0.120. The van der Waals surface area contributed by atoms with Gasteiger partial charge in [-0.05, 0) is 31.6 Å². The summed E-state index contributed by atoms with van der Waals surface area (Å²) >= 11 is 0. The predicted molar refractivity (Wildman–Crippen MR) is 61.8 cm³/mol. The molecule has 2 N–H and O–H groups in total. The van der Waals surface area contributed by atoms with Gasteiger partial charge in [-0.3, -0.25) is 4.90 Å². The number of hydrogen-bond donors (Lipinski definition) is 1. The normalized spacial score (nSPS) is 30.6. The van der Waals surface area contributed by atoms with Crippen molar-refractivity contribution >= 4 is 0 Å². The third-order valence-corrected chi connectivity index (χ3v) is 4.62. The molecule has 1 saturated carbocycles. The molecule has 88 valence electrons. The van der Waals surface area contributed by atoms with Gasteiger partial charge in [-0.15, -0.1) is 0 Å². The predicted octanol–water partition coefficient (Wildman–Crippen LogP) is 1.23. The fourth-order valence-electron chi connectivity index (χ4n) is 2.72. The summed E-state index contributed by atoms with van der Waals surface area (Å²) < 4.78 is 5.51. The Bertz CT molecular complexity index is 220. The van der Waals surface area contributed by atoms with Crippen molar-refractivity contribution in [2.24, 2.45) is 11.1 Å². The van der Waals surface area contributed by atoms with Gasteiger partial charge in [0.2, 0.25) is 0 Å². The molecular weight excluding hydrogens is 188 g/mol. The molecule has 3 nitrogen and oxygen atoms in total. The largest absolute Gasteiger partial charge is 0.380 e. The molecule has 0 spiro atoms. The Morgan fingerprint density at radius 1 is 1.33 bits per heavy atom. The molecule has 0 aromatic carbocycles. The number of nitrogens with two attached hydrogens (primary N) is 1. The molecule has 1 heterocycles. The van der Waals surface area contributed by atoms with Gasteiger partial charge in [-0.2, -0.15) is 0 Å². The minimum atomic E-state index is 0.181. The van der Waals surface area contributed by atoms with Gasteiger partial charge in [0.1, 0.15) is 0 Å². The second-order valence-electron chi connectivity index (χ2n) is 5.49. The van der Waals surface area contributed by atoms with E-state index < -0.39 is 0 Å². The van der Waals surface area contributed by atoms with Gasteiger partial charge in [0.15, 0.2) is 0 Å². The van der Waals surface area contributed by atoms with E-state index in [-0.39, 0.29) is 5.54 Å². The molecule has 1 atom stereocenters. The minimum Gasteiger partial charge on any atom is -0.380 e. The lowest BCUT2D eigenvalue weighted by Gasteiger charge is -2.45. The Kier molecular flexibility index (Phi) is 3.06. The Morgan fingerprint density at radius 3 is 2.67 bits per heavy atom. The molecule has 0 aromatic heterocycles. The quantitative estimate of drug-likeness (QED) is 0.764. The Labute approximate surface area is 93.0 Å². The van der Waals surface area contributed by atoms with Crippen molar-refractivity contribution in [2.75, 3.05) is 32.8 Å². The van der Waals surface area contributed by atoms with Gasteiger partial charge in [-0.1, -0.05) is 6.92 Å². The highest BCUT2D eigenvalue weighted by atomic mass is 16.5. The Balaban J connectivity index is 2.09. The molecule has 0 radical (unpaired) electrons. The summed E-state index contributed by atoms with van der Waals surface area (Å²) in [5.74, 6) is 0. The van der Waals surface area contributed by atoms with E-state index in [1.807, 2.05) is 0 Å². The molecule has 1 aliphatic carbocycles. The first-order chi connectivity index (χ1) is 7.12. The molecule has 1 unspecified atom stereocenters. The maximum absolute atomic E-state index is 6.03. The zero-order valence-corrected chi connectivity index (χ0v) is 10.1. The lowest BCUT2D eigenvalue weighted by Crippen LogP contribution is -2.57. The van der Waals surface area contributed by atoms with Crippen LogP contribution in [0, 0.1) is 5.41 Å². The van der Waals surface area contributed by atoms with Crippen LogP contribution in [0.4, 0.5) is 0 Å². The molecule has 0 aromatic rings. The zero-order chi connectivity index (χ0) is 10.9. The summed E-state index contributed by atoms with van der Waals surface area (Å²) in [4.78, 5) is 2.56. The average Bonchev–Trinajstić information content (AvgIpc) is 3.01. The molecule has 2 rings (SSSR count). The first-order valence-electron chi connectivity index (χ1n) is 6.15. The number of hydrogen-bond acceptors (Lipinski definition) is 3. The van der Waals surface area contributed by atoms with E-state index in [1.165, 1.54) is 12.8 Å². The highest BCUT2D eigenvalue weighted by Gasteiger charge is 2.54. The molecule has 3 heteroatoms. The van der Waals surface area contributed by atoms with Crippen LogP contribution >= 0.6 is 0 Å². The molecule has 1 saturated heterocycles. The lowest BCUT2D eigenvalue weighted by atomic mass is 9.82. The van der Waals surface area contributed by atoms with Crippen LogP contribution < -0.4 is 5.73 Å². The van der Waals surface area contributed by atoms with E-state index in [9.17, 15) is 0 Å². The van der Waals surface area contributed by atoms with E-state index >= 15 is 0 Å². The average molecular weight is 212 g/mol. The van der Waals surface area contributed by atoms with E-state index in [0.717, 1.165) is 39.3 Å². The van der Waals surface area contributed by atoms with Gasteiger partial charge in [0, 0.05) is 31.8 Å². The summed E-state index contributed by atoms with van der Waals surface area (Å²) in [5.41, 5.74) is 6.66. The molecule has 0 amide bonds. The fraction of sp³-hybridized carbons (Fsp3) is 1.00. The van der Waals surface area contributed by atoms with Crippen molar-refractivity contribution in [3.8, 4) is 0 Å². The van der Waals surface area contributed by atoms with Crippen LogP contribution in [0.3, 0.4) is 0 Å². The number of rotatable bonds is 3.